The number of hydrogen-bond acceptors (Lipinski definition) is 6. The maximum absolute atomic E-state index is 10.6. The minimum atomic E-state index is -0.845. The van der Waals surface area contributed by atoms with Crippen molar-refractivity contribution in [1.29, 1.82) is 0 Å². The summed E-state index contributed by atoms with van der Waals surface area (Å²) in [7, 11) is 0. The summed E-state index contributed by atoms with van der Waals surface area (Å²) in [6.45, 7) is 0. The number of nitro groups is 1. The van der Waals surface area contributed by atoms with E-state index in [9.17, 15) is 14.9 Å². The lowest BCUT2D eigenvalue weighted by Crippen LogP contribution is -1.97. The van der Waals surface area contributed by atoms with Gasteiger partial charge in [-0.25, -0.2) is 4.79 Å². The van der Waals surface area contributed by atoms with Gasteiger partial charge in [0.1, 0.15) is 0 Å². The third-order valence-electron chi connectivity index (χ3n) is 1.05. The van der Waals surface area contributed by atoms with Crippen LogP contribution >= 0.6 is 12.9 Å². The van der Waals surface area contributed by atoms with Crippen LogP contribution < -0.4 is 0 Å². The second-order valence-corrected chi connectivity index (χ2v) is 1.96. The normalized spacial score (nSPS) is 9.42. The van der Waals surface area contributed by atoms with Gasteiger partial charge in [0.2, 0.25) is 5.69 Å². The van der Waals surface area contributed by atoms with Crippen LogP contribution in [0.2, 0.25) is 0 Å². The van der Waals surface area contributed by atoms with Crippen molar-refractivity contribution >= 4 is 24.7 Å². The average Bonchev–Trinajstić information content (AvgIpc) is 2.51. The predicted molar refractivity (Wildman–Crippen MR) is 39.6 cm³/mol. The highest BCUT2D eigenvalue weighted by atomic mass is 32.1. The zero-order valence-corrected chi connectivity index (χ0v) is 6.45. The number of nitrogens with one attached hydrogen (secondary N) is 1. The van der Waals surface area contributed by atoms with E-state index in [1.54, 1.807) is 0 Å². The first kappa shape index (κ1) is 8.53. The van der Waals surface area contributed by atoms with Crippen molar-refractivity contribution in [3.8, 4) is 0 Å². The quantitative estimate of drug-likeness (QED) is 0.302. The molecule has 0 aliphatic rings. The number of aromatic amines is 1. The Morgan fingerprint density at radius 2 is 2.50 bits per heavy atom. The Morgan fingerprint density at radius 3 is 2.92 bits per heavy atom. The van der Waals surface area contributed by atoms with Gasteiger partial charge >= 0.3 is 11.8 Å². The topological polar surface area (TPSA) is 98.1 Å². The molecule has 0 aliphatic carbocycles. The van der Waals surface area contributed by atoms with Crippen LogP contribution in [0.25, 0.3) is 0 Å². The molecule has 1 N–H and O–H groups in total. The van der Waals surface area contributed by atoms with Gasteiger partial charge in [-0.05, 0) is 4.92 Å². The molecule has 0 bridgehead atoms. The lowest BCUT2D eigenvalue weighted by molar-refractivity contribution is -0.389. The third-order valence-corrected chi connectivity index (χ3v) is 1.22. The number of rotatable bonds is 2. The van der Waals surface area contributed by atoms with Crippen molar-refractivity contribution < 1.29 is 13.9 Å². The van der Waals surface area contributed by atoms with E-state index < -0.39 is 10.9 Å². The largest absolute Gasteiger partial charge is 0.390 e. The van der Waals surface area contributed by atoms with E-state index in [-0.39, 0.29) is 11.5 Å². The van der Waals surface area contributed by atoms with E-state index in [1.807, 2.05) is 5.10 Å². The van der Waals surface area contributed by atoms with Gasteiger partial charge in [0.25, 0.3) is 0 Å². The minimum absolute atomic E-state index is 0.184. The molecule has 0 spiro atoms. The van der Waals surface area contributed by atoms with Gasteiger partial charge in [0.05, 0.1) is 6.07 Å². The lowest BCUT2D eigenvalue weighted by Gasteiger charge is -1.86. The minimum Gasteiger partial charge on any atom is -0.390 e. The smallest absolute Gasteiger partial charge is 0.373 e. The zero-order valence-electron chi connectivity index (χ0n) is 5.55. The average molecular weight is 189 g/mol. The summed E-state index contributed by atoms with van der Waals surface area (Å²) >= 11 is 3.21. The van der Waals surface area contributed by atoms with Gasteiger partial charge in [0.15, 0.2) is 0 Å². The number of thiol groups is 1. The molecule has 12 heavy (non-hydrogen) atoms. The first-order chi connectivity index (χ1) is 5.65. The third kappa shape index (κ3) is 1.53. The van der Waals surface area contributed by atoms with E-state index in [4.69, 9.17) is 0 Å². The molecule has 0 amide bonds. The maximum atomic E-state index is 10.6. The molecule has 64 valence electrons. The number of nitrogens with zero attached hydrogens (tertiary/aromatic N) is 2. The first-order valence-corrected chi connectivity index (χ1v) is 3.07. The van der Waals surface area contributed by atoms with Crippen molar-refractivity contribution in [2.24, 2.45) is 0 Å². The van der Waals surface area contributed by atoms with Crippen molar-refractivity contribution in [2.45, 2.75) is 0 Å². The van der Waals surface area contributed by atoms with Gasteiger partial charge < -0.3 is 14.3 Å². The molecular weight excluding hydrogens is 186 g/mol. The standard InChI is InChI=1S/C4H3N3O4S/c8-4(11-12)2-1-3(6-5-2)7(9)10/h1,12H,(H,5,6). The summed E-state index contributed by atoms with van der Waals surface area (Å²) in [5.41, 5.74) is -0.184. The molecule has 1 heterocycles. The highest BCUT2D eigenvalue weighted by Gasteiger charge is 2.16. The maximum Gasteiger partial charge on any atom is 0.373 e. The Bertz CT molecular complexity index is 322. The molecule has 0 unspecified atom stereocenters. The molecule has 0 radical (unpaired) electrons. The summed E-state index contributed by atoms with van der Waals surface area (Å²) in [5.74, 6) is -1.22. The van der Waals surface area contributed by atoms with Crippen LogP contribution in [0.15, 0.2) is 6.07 Å². The summed E-state index contributed by atoms with van der Waals surface area (Å²) < 4.78 is 3.98. The highest BCUT2D eigenvalue weighted by Crippen LogP contribution is 2.08. The number of aromatic nitrogens is 2. The number of carbonyl (C=O) groups is 1. The molecule has 0 saturated heterocycles. The fourth-order valence-corrected chi connectivity index (χ4v) is 0.650. The van der Waals surface area contributed by atoms with Crippen LogP contribution in [0.4, 0.5) is 5.82 Å². The Balaban J connectivity index is 2.91. The van der Waals surface area contributed by atoms with Crippen molar-refractivity contribution in [1.82, 2.24) is 10.2 Å². The molecule has 0 saturated carbocycles. The predicted octanol–water partition coefficient (Wildman–Crippen LogP) is 0.319. The second kappa shape index (κ2) is 3.22. The Labute approximate surface area is 71.5 Å². The molecule has 1 aromatic heterocycles. The van der Waals surface area contributed by atoms with Crippen molar-refractivity contribution in [3.63, 3.8) is 0 Å². The summed E-state index contributed by atoms with van der Waals surface area (Å²) in [4.78, 5) is 20.0. The number of hydrogen-bond donors (Lipinski definition) is 2. The molecule has 0 atom stereocenters. The zero-order chi connectivity index (χ0) is 9.14. The van der Waals surface area contributed by atoms with Crippen LogP contribution in [0.1, 0.15) is 10.5 Å². The van der Waals surface area contributed by atoms with Crippen LogP contribution in [0.5, 0.6) is 0 Å². The Kier molecular flexibility index (Phi) is 2.29. The van der Waals surface area contributed by atoms with E-state index in [1.165, 1.54) is 0 Å². The molecular formula is C4H3N3O4S. The Hall–Kier alpha value is -1.57. The second-order valence-electron chi connectivity index (χ2n) is 1.77. The van der Waals surface area contributed by atoms with Crippen molar-refractivity contribution in [3.05, 3.63) is 21.9 Å². The molecule has 1 aromatic rings. The van der Waals surface area contributed by atoms with Gasteiger partial charge in [-0.15, -0.1) is 5.10 Å². The van der Waals surface area contributed by atoms with E-state index in [0.717, 1.165) is 6.07 Å². The van der Waals surface area contributed by atoms with Crippen molar-refractivity contribution in [2.75, 3.05) is 0 Å². The SMILES string of the molecule is O=C(OS)c1cc([N+](=O)[O-])[nH]n1. The van der Waals surface area contributed by atoms with Crippen LogP contribution in [-0.2, 0) is 4.18 Å². The van der Waals surface area contributed by atoms with Gasteiger partial charge in [-0.3, -0.25) is 0 Å². The fourth-order valence-electron chi connectivity index (χ4n) is 0.556. The monoisotopic (exact) mass is 189 g/mol. The fraction of sp³-hybridized carbons (Fsp3) is 0. The molecule has 8 heteroatoms. The summed E-state index contributed by atoms with van der Waals surface area (Å²) in [6.07, 6.45) is 0. The molecule has 0 aliphatic heterocycles. The van der Waals surface area contributed by atoms with Crippen LogP contribution in [-0.4, -0.2) is 21.1 Å². The summed E-state index contributed by atoms with van der Waals surface area (Å²) in [5, 5.41) is 15.4. The van der Waals surface area contributed by atoms with Gasteiger partial charge in [0, 0.05) is 12.9 Å². The molecule has 7 nitrogen and oxygen atoms in total. The number of H-pyrrole nitrogens is 1. The van der Waals surface area contributed by atoms with Gasteiger partial charge in [-0.1, -0.05) is 5.10 Å². The molecule has 1 rings (SSSR count). The molecule has 0 fully saturated rings. The van der Waals surface area contributed by atoms with Gasteiger partial charge in [-0.2, -0.15) is 0 Å². The number of carbonyl (C=O) groups excluding carboxylic acids is 1. The summed E-state index contributed by atoms with van der Waals surface area (Å²) in [6, 6.07) is 0.957. The first-order valence-electron chi connectivity index (χ1n) is 2.70. The molecule has 0 aromatic carbocycles. The van der Waals surface area contributed by atoms with E-state index in [2.05, 4.69) is 22.2 Å². The van der Waals surface area contributed by atoms with Crippen LogP contribution in [0.3, 0.4) is 0 Å². The lowest BCUT2D eigenvalue weighted by atomic mass is 10.4. The van der Waals surface area contributed by atoms with E-state index in [0.29, 0.717) is 0 Å². The highest BCUT2D eigenvalue weighted by molar-refractivity contribution is 7.75. The Morgan fingerprint density at radius 1 is 1.83 bits per heavy atom. The van der Waals surface area contributed by atoms with Crippen LogP contribution in [0, 0.1) is 10.1 Å². The van der Waals surface area contributed by atoms with E-state index >= 15 is 0 Å².